The third kappa shape index (κ3) is 3.57. The standard InChI is InChI=1S/C21H16N4O3S/c1-12-4-7-18(28-12)21-23-14(11-29-21)10-19(26)22-13-5-6-15-16(9-13)25-20(24-15)17-3-2-8-27-17/h2-9,11H,10H2,1H3,(H,22,26)(H,24,25). The highest BCUT2D eigenvalue weighted by atomic mass is 32.1. The first-order valence-corrected chi connectivity index (χ1v) is 9.87. The van der Waals surface area contributed by atoms with E-state index in [9.17, 15) is 4.79 Å². The van der Waals surface area contributed by atoms with Crippen molar-refractivity contribution in [2.75, 3.05) is 5.32 Å². The number of hydrogen-bond acceptors (Lipinski definition) is 6. The fourth-order valence-electron chi connectivity index (χ4n) is 3.04. The van der Waals surface area contributed by atoms with E-state index in [-0.39, 0.29) is 12.3 Å². The summed E-state index contributed by atoms with van der Waals surface area (Å²) in [7, 11) is 0. The van der Waals surface area contributed by atoms with E-state index in [1.54, 1.807) is 6.26 Å². The van der Waals surface area contributed by atoms with Crippen molar-refractivity contribution >= 4 is 34.0 Å². The number of fused-ring (bicyclic) bond motifs is 1. The normalized spacial score (nSPS) is 11.2. The third-order valence-electron chi connectivity index (χ3n) is 4.36. The van der Waals surface area contributed by atoms with Gasteiger partial charge in [-0.2, -0.15) is 0 Å². The van der Waals surface area contributed by atoms with Crippen molar-refractivity contribution < 1.29 is 13.6 Å². The number of nitrogens with one attached hydrogen (secondary N) is 2. The summed E-state index contributed by atoms with van der Waals surface area (Å²) in [6, 6.07) is 13.0. The van der Waals surface area contributed by atoms with Crippen molar-refractivity contribution in [3.05, 3.63) is 65.6 Å². The van der Waals surface area contributed by atoms with Gasteiger partial charge in [-0.3, -0.25) is 4.79 Å². The van der Waals surface area contributed by atoms with E-state index in [1.807, 2.05) is 54.8 Å². The van der Waals surface area contributed by atoms with Gasteiger partial charge in [0.1, 0.15) is 5.76 Å². The molecular formula is C21H16N4O3S. The average molecular weight is 404 g/mol. The minimum atomic E-state index is -0.136. The van der Waals surface area contributed by atoms with Gasteiger partial charge in [0.2, 0.25) is 5.91 Å². The molecule has 4 heterocycles. The molecule has 4 aromatic heterocycles. The maximum absolute atomic E-state index is 12.4. The Balaban J connectivity index is 1.29. The van der Waals surface area contributed by atoms with Crippen LogP contribution in [0.15, 0.2) is 62.9 Å². The molecule has 0 saturated heterocycles. The van der Waals surface area contributed by atoms with Gasteiger partial charge in [-0.15, -0.1) is 11.3 Å². The highest BCUT2D eigenvalue weighted by molar-refractivity contribution is 7.13. The zero-order valence-corrected chi connectivity index (χ0v) is 16.2. The number of aryl methyl sites for hydroxylation is 1. The molecule has 0 fully saturated rings. The summed E-state index contributed by atoms with van der Waals surface area (Å²) in [6.07, 6.45) is 1.79. The summed E-state index contributed by atoms with van der Waals surface area (Å²) in [4.78, 5) is 24.6. The molecule has 5 rings (SSSR count). The summed E-state index contributed by atoms with van der Waals surface area (Å²) < 4.78 is 11.0. The number of imidazole rings is 1. The number of furan rings is 2. The topological polar surface area (TPSA) is 97.0 Å². The molecule has 2 N–H and O–H groups in total. The predicted octanol–water partition coefficient (Wildman–Crippen LogP) is 5.03. The summed E-state index contributed by atoms with van der Waals surface area (Å²) in [6.45, 7) is 1.89. The first-order valence-electron chi connectivity index (χ1n) is 8.99. The predicted molar refractivity (Wildman–Crippen MR) is 111 cm³/mol. The Morgan fingerprint density at radius 2 is 2.10 bits per heavy atom. The molecule has 0 aliphatic rings. The Hall–Kier alpha value is -3.65. The van der Waals surface area contributed by atoms with Crippen molar-refractivity contribution in [1.29, 1.82) is 0 Å². The highest BCUT2D eigenvalue weighted by Gasteiger charge is 2.13. The summed E-state index contributed by atoms with van der Waals surface area (Å²) >= 11 is 1.46. The molecule has 1 amide bonds. The molecular weight excluding hydrogens is 388 g/mol. The number of nitrogens with zero attached hydrogens (tertiary/aromatic N) is 2. The van der Waals surface area contributed by atoms with Crippen LogP contribution in [-0.2, 0) is 11.2 Å². The summed E-state index contributed by atoms with van der Waals surface area (Å²) in [5.41, 5.74) is 3.01. The fraction of sp³-hybridized carbons (Fsp3) is 0.0952. The van der Waals surface area contributed by atoms with Crippen LogP contribution in [0, 0.1) is 6.92 Å². The van der Waals surface area contributed by atoms with Crippen LogP contribution >= 0.6 is 11.3 Å². The smallest absolute Gasteiger partial charge is 0.230 e. The maximum atomic E-state index is 12.4. The molecule has 29 heavy (non-hydrogen) atoms. The van der Waals surface area contributed by atoms with Crippen LogP contribution in [0.3, 0.4) is 0 Å². The monoisotopic (exact) mass is 404 g/mol. The molecule has 0 radical (unpaired) electrons. The maximum Gasteiger partial charge on any atom is 0.230 e. The minimum absolute atomic E-state index is 0.136. The quantitative estimate of drug-likeness (QED) is 0.428. The Morgan fingerprint density at radius 3 is 2.90 bits per heavy atom. The van der Waals surface area contributed by atoms with Crippen LogP contribution in [0.2, 0.25) is 0 Å². The lowest BCUT2D eigenvalue weighted by atomic mass is 10.2. The molecule has 5 aromatic rings. The number of aromatic amines is 1. The zero-order chi connectivity index (χ0) is 19.8. The Kier molecular flexibility index (Phi) is 4.25. The summed E-state index contributed by atoms with van der Waals surface area (Å²) in [5.74, 6) is 2.73. The van der Waals surface area contributed by atoms with Crippen molar-refractivity contribution in [2.45, 2.75) is 13.3 Å². The van der Waals surface area contributed by atoms with Crippen LogP contribution in [0.4, 0.5) is 5.69 Å². The van der Waals surface area contributed by atoms with E-state index >= 15 is 0 Å². The van der Waals surface area contributed by atoms with Gasteiger partial charge in [0.15, 0.2) is 22.4 Å². The molecule has 0 atom stereocenters. The highest BCUT2D eigenvalue weighted by Crippen LogP contribution is 2.26. The number of carbonyl (C=O) groups excluding carboxylic acids is 1. The van der Waals surface area contributed by atoms with E-state index < -0.39 is 0 Å². The van der Waals surface area contributed by atoms with Gasteiger partial charge in [-0.1, -0.05) is 0 Å². The SMILES string of the molecule is Cc1ccc(-c2nc(CC(=O)Nc3ccc4nc(-c5ccco5)[nH]c4c3)cs2)o1. The van der Waals surface area contributed by atoms with Crippen LogP contribution in [0.1, 0.15) is 11.5 Å². The van der Waals surface area contributed by atoms with Crippen LogP contribution in [0.5, 0.6) is 0 Å². The largest absolute Gasteiger partial charge is 0.461 e. The molecule has 7 nitrogen and oxygen atoms in total. The van der Waals surface area contributed by atoms with Crippen LogP contribution in [0.25, 0.3) is 33.4 Å². The van der Waals surface area contributed by atoms with Crippen molar-refractivity contribution in [3.8, 4) is 22.4 Å². The van der Waals surface area contributed by atoms with Crippen molar-refractivity contribution in [3.63, 3.8) is 0 Å². The number of anilines is 1. The second-order valence-electron chi connectivity index (χ2n) is 6.57. The molecule has 0 aliphatic carbocycles. The van der Waals surface area contributed by atoms with Crippen LogP contribution < -0.4 is 5.32 Å². The Labute approximate surface area is 169 Å². The van der Waals surface area contributed by atoms with E-state index in [0.29, 0.717) is 23.0 Å². The average Bonchev–Trinajstić information content (AvgIpc) is 3.48. The van der Waals surface area contributed by atoms with Gasteiger partial charge in [0, 0.05) is 11.1 Å². The molecule has 0 spiro atoms. The van der Waals surface area contributed by atoms with Crippen molar-refractivity contribution in [2.24, 2.45) is 0 Å². The Bertz CT molecular complexity index is 1300. The number of hydrogen-bond donors (Lipinski definition) is 2. The van der Waals surface area contributed by atoms with Gasteiger partial charge in [0.05, 0.1) is 29.4 Å². The number of amides is 1. The lowest BCUT2D eigenvalue weighted by Crippen LogP contribution is -2.14. The first-order chi connectivity index (χ1) is 14.1. The second kappa shape index (κ2) is 7.06. The molecule has 0 unspecified atom stereocenters. The lowest BCUT2D eigenvalue weighted by Gasteiger charge is -2.03. The van der Waals surface area contributed by atoms with E-state index in [1.165, 1.54) is 11.3 Å². The Morgan fingerprint density at radius 1 is 1.17 bits per heavy atom. The molecule has 0 aliphatic heterocycles. The van der Waals surface area contributed by atoms with Crippen molar-refractivity contribution in [1.82, 2.24) is 15.0 Å². The van der Waals surface area contributed by atoms with Gasteiger partial charge >= 0.3 is 0 Å². The number of rotatable bonds is 5. The number of aromatic nitrogens is 3. The second-order valence-corrected chi connectivity index (χ2v) is 7.43. The van der Waals surface area contributed by atoms with Gasteiger partial charge in [-0.25, -0.2) is 9.97 Å². The minimum Gasteiger partial charge on any atom is -0.461 e. The van der Waals surface area contributed by atoms with E-state index in [0.717, 1.165) is 27.6 Å². The third-order valence-corrected chi connectivity index (χ3v) is 5.27. The molecule has 144 valence electrons. The van der Waals surface area contributed by atoms with Gasteiger partial charge in [-0.05, 0) is 49.4 Å². The van der Waals surface area contributed by atoms with E-state index in [2.05, 4.69) is 20.3 Å². The molecule has 1 aromatic carbocycles. The zero-order valence-electron chi connectivity index (χ0n) is 15.4. The van der Waals surface area contributed by atoms with Crippen LogP contribution in [-0.4, -0.2) is 20.9 Å². The lowest BCUT2D eigenvalue weighted by molar-refractivity contribution is -0.115. The number of thiazole rings is 1. The number of carbonyl (C=O) groups is 1. The van der Waals surface area contributed by atoms with E-state index in [4.69, 9.17) is 8.83 Å². The van der Waals surface area contributed by atoms with Gasteiger partial charge in [0.25, 0.3) is 0 Å². The van der Waals surface area contributed by atoms with Gasteiger partial charge < -0.3 is 19.1 Å². The molecule has 0 saturated carbocycles. The molecule has 8 heteroatoms. The molecule has 0 bridgehead atoms. The fourth-order valence-corrected chi connectivity index (χ4v) is 3.82. The number of benzene rings is 1. The summed E-state index contributed by atoms with van der Waals surface area (Å²) in [5, 5.41) is 5.55. The first kappa shape index (κ1) is 17.4. The number of H-pyrrole nitrogens is 1.